The Morgan fingerprint density at radius 2 is 0.741 bits per heavy atom. The summed E-state index contributed by atoms with van der Waals surface area (Å²) in [6, 6.07) is 0. The molecule has 1 aliphatic rings. The molecule has 27 heavy (non-hydrogen) atoms. The molecule has 2 atom stereocenters. The Labute approximate surface area is 138 Å². The molecule has 150 valence electrons. The van der Waals surface area contributed by atoms with Crippen molar-refractivity contribution in [3.05, 3.63) is 58.2 Å². The van der Waals surface area contributed by atoms with Crippen LogP contribution in [0.25, 0.3) is 0 Å². The Balaban J connectivity index is 3.26. The molecule has 0 amide bonds. The van der Waals surface area contributed by atoms with Crippen LogP contribution in [0.5, 0.6) is 0 Å². The number of alkyl halides is 4. The highest BCUT2D eigenvalue weighted by atomic mass is 19.3. The van der Waals surface area contributed by atoms with Crippen molar-refractivity contribution in [2.24, 2.45) is 0 Å². The van der Waals surface area contributed by atoms with Gasteiger partial charge in [-0.3, -0.25) is 0 Å². The molecule has 1 aliphatic carbocycles. The lowest BCUT2D eigenvalue weighted by Crippen LogP contribution is -2.49. The van der Waals surface area contributed by atoms with E-state index in [2.05, 4.69) is 0 Å². The lowest BCUT2D eigenvalue weighted by molar-refractivity contribution is -0.203. The maximum Gasteiger partial charge on any atom is 0.336 e. The predicted octanol–water partition coefficient (Wildman–Crippen LogP) is 6.38. The summed E-state index contributed by atoms with van der Waals surface area (Å²) < 4.78 is 188. The smallest absolute Gasteiger partial charge is 0.223 e. The molecule has 2 rings (SSSR count). The Hall–Kier alpha value is -2.28. The molecule has 0 radical (unpaired) electrons. The minimum Gasteiger partial charge on any atom is -0.223 e. The van der Waals surface area contributed by atoms with Gasteiger partial charge in [0.25, 0.3) is 11.3 Å². The number of hydrogen-bond donors (Lipinski definition) is 0. The van der Waals surface area contributed by atoms with Gasteiger partial charge in [0.05, 0.1) is 11.1 Å². The molecule has 0 N–H and O–H groups in total. The molecule has 0 fully saturated rings. The summed E-state index contributed by atoms with van der Waals surface area (Å²) in [7, 11) is 0. The van der Waals surface area contributed by atoms with Gasteiger partial charge in [-0.2, -0.15) is 26.3 Å². The van der Waals surface area contributed by atoms with Crippen LogP contribution in [0.3, 0.4) is 0 Å². The van der Waals surface area contributed by atoms with Crippen LogP contribution < -0.4 is 0 Å². The highest BCUT2D eigenvalue weighted by molar-refractivity contribution is 5.57. The first-order valence-corrected chi connectivity index (χ1v) is 6.15. The lowest BCUT2D eigenvalue weighted by Gasteiger charge is -2.31. The zero-order chi connectivity index (χ0) is 21.3. The normalized spacial score (nSPS) is 26.0. The van der Waals surface area contributed by atoms with E-state index in [0.29, 0.717) is 0 Å². The van der Waals surface area contributed by atoms with Gasteiger partial charge in [-0.05, 0) is 0 Å². The van der Waals surface area contributed by atoms with E-state index in [-0.39, 0.29) is 0 Å². The Morgan fingerprint density at radius 3 is 0.963 bits per heavy atom. The fourth-order valence-corrected chi connectivity index (χ4v) is 2.59. The second kappa shape index (κ2) is 5.86. The summed E-state index contributed by atoms with van der Waals surface area (Å²) in [6.07, 6.45) is -8.11. The third kappa shape index (κ3) is 2.18. The van der Waals surface area contributed by atoms with E-state index in [0.717, 1.165) is 0 Å². The Bertz CT molecular complexity index is 820. The second-order valence-electron chi connectivity index (χ2n) is 5.05. The summed E-state index contributed by atoms with van der Waals surface area (Å²) in [5, 5.41) is 0. The fraction of sp³-hybridized carbons (Fsp3) is 0.231. The first-order valence-electron chi connectivity index (χ1n) is 6.15. The zero-order valence-corrected chi connectivity index (χ0v) is 11.8. The second-order valence-corrected chi connectivity index (χ2v) is 5.05. The summed E-state index contributed by atoms with van der Waals surface area (Å²) in [4.78, 5) is 0. The van der Waals surface area contributed by atoms with Gasteiger partial charge in [0.15, 0.2) is 23.3 Å². The van der Waals surface area contributed by atoms with Gasteiger partial charge in [0.2, 0.25) is 11.7 Å². The van der Waals surface area contributed by atoms with Crippen LogP contribution >= 0.6 is 0 Å². The molecule has 0 spiro atoms. The van der Waals surface area contributed by atoms with E-state index < -0.39 is 75.5 Å². The summed E-state index contributed by atoms with van der Waals surface area (Å²) in [6.45, 7) is 0. The van der Waals surface area contributed by atoms with Gasteiger partial charge in [-0.1, -0.05) is 0 Å². The van der Waals surface area contributed by atoms with Gasteiger partial charge < -0.3 is 0 Å². The highest BCUT2D eigenvalue weighted by Crippen LogP contribution is 2.68. The maximum absolute atomic E-state index is 14.6. The predicted molar refractivity (Wildman–Crippen MR) is 57.5 cm³/mol. The summed E-state index contributed by atoms with van der Waals surface area (Å²) in [5.74, 6) is -28.1. The van der Waals surface area contributed by atoms with E-state index in [4.69, 9.17) is 0 Å². The van der Waals surface area contributed by atoms with Gasteiger partial charge in [-0.25, -0.2) is 35.1 Å². The van der Waals surface area contributed by atoms with E-state index in [9.17, 15) is 61.5 Å². The van der Waals surface area contributed by atoms with Crippen molar-refractivity contribution in [3.8, 4) is 0 Å². The van der Waals surface area contributed by atoms with Crippen molar-refractivity contribution in [3.63, 3.8) is 0 Å². The van der Waals surface area contributed by atoms with Crippen LogP contribution in [0.15, 0.2) is 23.8 Å². The van der Waals surface area contributed by atoms with Crippen molar-refractivity contribution in [2.45, 2.75) is 17.3 Å². The molecule has 0 aliphatic heterocycles. The minimum absolute atomic E-state index is 3.20. The molecule has 14 heteroatoms. The van der Waals surface area contributed by atoms with Crippen LogP contribution in [-0.2, 0) is 11.3 Å². The first kappa shape index (κ1) is 21.0. The fourth-order valence-electron chi connectivity index (χ4n) is 2.59. The standard InChI is InChI=1S/C13F14/c14-3-1-2(4(15)6(17)5(3)16)12(25,8(19)10(22)23)13(26,27)11(1,24)7(18)9(20)21. The Morgan fingerprint density at radius 1 is 0.481 bits per heavy atom. The largest absolute Gasteiger partial charge is 0.336 e. The number of allylic oxidation sites excluding steroid dienone is 2. The number of hydrogen-bond acceptors (Lipinski definition) is 0. The van der Waals surface area contributed by atoms with Crippen molar-refractivity contribution >= 4 is 0 Å². The SMILES string of the molecule is FC(F)=C(F)C1(F)c2c(F)c(F)c(F)c(F)c2C(F)(C(F)=C(F)F)C1(F)F. The van der Waals surface area contributed by atoms with Crippen molar-refractivity contribution < 1.29 is 61.5 Å². The number of rotatable bonds is 2. The van der Waals surface area contributed by atoms with E-state index in [1.54, 1.807) is 0 Å². The molecule has 0 nitrogen and oxygen atoms in total. The third-order valence-corrected chi connectivity index (χ3v) is 3.76. The molecule has 0 aromatic heterocycles. The van der Waals surface area contributed by atoms with Crippen LogP contribution in [0.1, 0.15) is 11.1 Å². The van der Waals surface area contributed by atoms with Gasteiger partial charge in [-0.15, -0.1) is 0 Å². The molecule has 0 heterocycles. The van der Waals surface area contributed by atoms with E-state index >= 15 is 0 Å². The summed E-state index contributed by atoms with van der Waals surface area (Å²) >= 11 is 0. The molecule has 1 aromatic carbocycles. The van der Waals surface area contributed by atoms with Gasteiger partial charge in [0, 0.05) is 0 Å². The molecule has 0 saturated heterocycles. The molecule has 2 unspecified atom stereocenters. The highest BCUT2D eigenvalue weighted by Gasteiger charge is 2.83. The average Bonchev–Trinajstić information content (AvgIpc) is 2.72. The molecular formula is C13F14. The van der Waals surface area contributed by atoms with Crippen molar-refractivity contribution in [1.29, 1.82) is 0 Å². The zero-order valence-electron chi connectivity index (χ0n) is 11.8. The molecule has 1 aromatic rings. The monoisotopic (exact) mass is 422 g/mol. The molecular weight excluding hydrogens is 422 g/mol. The average molecular weight is 422 g/mol. The van der Waals surface area contributed by atoms with Crippen LogP contribution in [0.2, 0.25) is 0 Å². The van der Waals surface area contributed by atoms with Crippen LogP contribution in [0.4, 0.5) is 61.5 Å². The number of benzene rings is 1. The van der Waals surface area contributed by atoms with Crippen molar-refractivity contribution in [1.82, 2.24) is 0 Å². The van der Waals surface area contributed by atoms with Gasteiger partial charge >= 0.3 is 18.1 Å². The van der Waals surface area contributed by atoms with Crippen LogP contribution in [0, 0.1) is 23.3 Å². The van der Waals surface area contributed by atoms with Crippen molar-refractivity contribution in [2.75, 3.05) is 0 Å². The molecule has 0 saturated carbocycles. The van der Waals surface area contributed by atoms with Crippen LogP contribution in [-0.4, -0.2) is 5.92 Å². The topological polar surface area (TPSA) is 0 Å². The number of halogens is 14. The lowest BCUT2D eigenvalue weighted by atomic mass is 9.89. The molecule has 0 bridgehead atoms. The summed E-state index contributed by atoms with van der Waals surface area (Å²) in [5.41, 5.74) is -19.0. The first-order chi connectivity index (χ1) is 12.1. The minimum atomic E-state index is -6.79. The maximum atomic E-state index is 14.6. The number of fused-ring (bicyclic) bond motifs is 1. The van der Waals surface area contributed by atoms with E-state index in [1.165, 1.54) is 0 Å². The van der Waals surface area contributed by atoms with E-state index in [1.807, 2.05) is 0 Å². The third-order valence-electron chi connectivity index (χ3n) is 3.76. The van der Waals surface area contributed by atoms with Gasteiger partial charge in [0.1, 0.15) is 0 Å². The quantitative estimate of drug-likeness (QED) is 0.295. The Kier molecular flexibility index (Phi) is 4.56.